The Morgan fingerprint density at radius 2 is 2.00 bits per heavy atom. The largest absolute Gasteiger partial charge is 0.384 e. The van der Waals surface area contributed by atoms with Gasteiger partial charge in [-0.1, -0.05) is 13.0 Å². The molecule has 0 aliphatic carbocycles. The minimum atomic E-state index is -0.584. The second-order valence-electron chi connectivity index (χ2n) is 3.88. The zero-order valence-corrected chi connectivity index (χ0v) is 10.8. The van der Waals surface area contributed by atoms with E-state index in [4.69, 9.17) is 15.3 Å². The second kappa shape index (κ2) is 7.16. The highest BCUT2D eigenvalue weighted by Crippen LogP contribution is 2.16. The molecule has 0 radical (unpaired) electrons. The maximum absolute atomic E-state index is 13.4. The van der Waals surface area contributed by atoms with E-state index in [1.807, 2.05) is 6.92 Å². The highest BCUT2D eigenvalue weighted by Gasteiger charge is 2.09. The van der Waals surface area contributed by atoms with E-state index in [2.05, 4.69) is 4.98 Å². The van der Waals surface area contributed by atoms with Crippen molar-refractivity contribution in [1.82, 2.24) is 9.55 Å². The Morgan fingerprint density at radius 3 is 2.50 bits per heavy atom. The highest BCUT2D eigenvalue weighted by atomic mass is 19.1. The minimum Gasteiger partial charge on any atom is -0.384 e. The van der Waals surface area contributed by atoms with Gasteiger partial charge in [-0.2, -0.15) is 9.59 Å². The van der Waals surface area contributed by atoms with Crippen molar-refractivity contribution in [3.8, 4) is 0 Å². The number of imidazole rings is 1. The summed E-state index contributed by atoms with van der Waals surface area (Å²) in [6.07, 6.45) is 2.54. The summed E-state index contributed by atoms with van der Waals surface area (Å²) in [5.41, 5.74) is 7.02. The van der Waals surface area contributed by atoms with Crippen molar-refractivity contribution >= 4 is 12.0 Å². The standard InChI is InChI=1S/C12H13F2N3.CO2/c1-2-11-12(15)17(7-16-11)6-8-3-4-9(13)5-10(8)14;2-1-3/h3-5,7H,2,6,15H2,1H3;. The average Bonchev–Trinajstić information content (AvgIpc) is 2.75. The topological polar surface area (TPSA) is 78.0 Å². The van der Waals surface area contributed by atoms with E-state index in [0.717, 1.165) is 18.2 Å². The lowest BCUT2D eigenvalue weighted by molar-refractivity contribution is -0.191. The molecule has 0 aliphatic rings. The monoisotopic (exact) mass is 281 g/mol. The summed E-state index contributed by atoms with van der Waals surface area (Å²) in [6.45, 7) is 2.20. The molecule has 1 heterocycles. The fraction of sp³-hybridized carbons (Fsp3) is 0.231. The zero-order valence-electron chi connectivity index (χ0n) is 10.8. The van der Waals surface area contributed by atoms with Crippen LogP contribution in [0.1, 0.15) is 18.2 Å². The third-order valence-corrected chi connectivity index (χ3v) is 2.65. The molecule has 0 atom stereocenters. The molecule has 106 valence electrons. The molecular formula is C13H13F2N3O2. The Labute approximate surface area is 114 Å². The van der Waals surface area contributed by atoms with Crippen LogP contribution in [0.25, 0.3) is 0 Å². The molecule has 0 saturated carbocycles. The molecule has 0 unspecified atom stereocenters. The fourth-order valence-corrected chi connectivity index (χ4v) is 1.67. The van der Waals surface area contributed by atoms with Crippen LogP contribution < -0.4 is 5.73 Å². The van der Waals surface area contributed by atoms with Gasteiger partial charge in [-0.25, -0.2) is 13.8 Å². The number of nitrogens with two attached hydrogens (primary N) is 1. The SMILES string of the molecule is CCc1ncn(Cc2ccc(F)cc2F)c1N.O=C=O. The van der Waals surface area contributed by atoms with Gasteiger partial charge >= 0.3 is 6.15 Å². The predicted molar refractivity (Wildman–Crippen MR) is 66.5 cm³/mol. The summed E-state index contributed by atoms with van der Waals surface area (Å²) in [5, 5.41) is 0. The molecule has 2 N–H and O–H groups in total. The van der Waals surface area contributed by atoms with E-state index >= 15 is 0 Å². The highest BCUT2D eigenvalue weighted by molar-refractivity contribution is 5.37. The number of benzene rings is 1. The first-order chi connectivity index (χ1) is 9.53. The Hall–Kier alpha value is -2.53. The Balaban J connectivity index is 0.000000612. The van der Waals surface area contributed by atoms with Crippen LogP contribution in [0.3, 0.4) is 0 Å². The van der Waals surface area contributed by atoms with Gasteiger partial charge in [-0.05, 0) is 12.5 Å². The number of nitrogens with zero attached hydrogens (tertiary/aromatic N) is 2. The van der Waals surface area contributed by atoms with E-state index in [9.17, 15) is 8.78 Å². The first-order valence-corrected chi connectivity index (χ1v) is 5.76. The molecule has 2 rings (SSSR count). The van der Waals surface area contributed by atoms with Gasteiger partial charge in [0.1, 0.15) is 17.5 Å². The summed E-state index contributed by atoms with van der Waals surface area (Å²) in [4.78, 5) is 20.4. The van der Waals surface area contributed by atoms with Gasteiger partial charge in [0.2, 0.25) is 0 Å². The molecule has 1 aromatic carbocycles. The van der Waals surface area contributed by atoms with Crippen molar-refractivity contribution in [3.05, 3.63) is 47.4 Å². The number of carbonyl (C=O) groups excluding carboxylic acids is 2. The van der Waals surface area contributed by atoms with Gasteiger partial charge in [-0.15, -0.1) is 0 Å². The number of halogens is 2. The van der Waals surface area contributed by atoms with Crippen LogP contribution in [0.2, 0.25) is 0 Å². The van der Waals surface area contributed by atoms with Crippen molar-refractivity contribution in [1.29, 1.82) is 0 Å². The van der Waals surface area contributed by atoms with Crippen LogP contribution in [0.5, 0.6) is 0 Å². The maximum atomic E-state index is 13.4. The molecule has 0 fully saturated rings. The molecule has 0 bridgehead atoms. The lowest BCUT2D eigenvalue weighted by Crippen LogP contribution is -2.05. The summed E-state index contributed by atoms with van der Waals surface area (Å²) in [5.74, 6) is -0.633. The summed E-state index contributed by atoms with van der Waals surface area (Å²) < 4.78 is 27.8. The molecule has 0 spiro atoms. The summed E-state index contributed by atoms with van der Waals surface area (Å²) >= 11 is 0. The van der Waals surface area contributed by atoms with E-state index < -0.39 is 11.6 Å². The summed E-state index contributed by atoms with van der Waals surface area (Å²) in [7, 11) is 0. The van der Waals surface area contributed by atoms with Crippen LogP contribution in [0.4, 0.5) is 14.6 Å². The quantitative estimate of drug-likeness (QED) is 0.930. The van der Waals surface area contributed by atoms with Crippen molar-refractivity contribution in [2.45, 2.75) is 19.9 Å². The normalized spacial score (nSPS) is 9.55. The predicted octanol–water partition coefficient (Wildman–Crippen LogP) is 1.77. The second-order valence-corrected chi connectivity index (χ2v) is 3.88. The molecule has 0 saturated heterocycles. The molecule has 0 amide bonds. The summed E-state index contributed by atoms with van der Waals surface area (Å²) in [6, 6.07) is 3.51. The molecule has 0 aliphatic heterocycles. The van der Waals surface area contributed by atoms with Gasteiger partial charge in [-0.3, -0.25) is 0 Å². The number of anilines is 1. The van der Waals surface area contributed by atoms with Crippen LogP contribution in [0.15, 0.2) is 24.5 Å². The molecular weight excluding hydrogens is 268 g/mol. The Bertz CT molecular complexity index is 620. The van der Waals surface area contributed by atoms with Gasteiger partial charge in [0.25, 0.3) is 0 Å². The average molecular weight is 281 g/mol. The third kappa shape index (κ3) is 3.73. The van der Waals surface area contributed by atoms with Crippen molar-refractivity contribution in [2.24, 2.45) is 0 Å². The smallest absolute Gasteiger partial charge is 0.373 e. The number of nitrogen functional groups attached to an aromatic ring is 1. The lowest BCUT2D eigenvalue weighted by Gasteiger charge is -2.06. The Morgan fingerprint density at radius 1 is 1.35 bits per heavy atom. The van der Waals surface area contributed by atoms with E-state index in [1.54, 1.807) is 10.9 Å². The van der Waals surface area contributed by atoms with Crippen LogP contribution in [-0.2, 0) is 22.6 Å². The number of hydrogen-bond donors (Lipinski definition) is 1. The molecule has 1 aromatic heterocycles. The first kappa shape index (κ1) is 15.5. The van der Waals surface area contributed by atoms with Gasteiger partial charge in [0.05, 0.1) is 18.6 Å². The number of aromatic nitrogens is 2. The minimum absolute atomic E-state index is 0.250. The van der Waals surface area contributed by atoms with Gasteiger partial charge < -0.3 is 10.3 Å². The van der Waals surface area contributed by atoms with Crippen molar-refractivity contribution in [3.63, 3.8) is 0 Å². The lowest BCUT2D eigenvalue weighted by atomic mass is 10.2. The number of rotatable bonds is 3. The van der Waals surface area contributed by atoms with Crippen LogP contribution in [-0.4, -0.2) is 15.7 Å². The van der Waals surface area contributed by atoms with Gasteiger partial charge in [0, 0.05) is 11.6 Å². The van der Waals surface area contributed by atoms with Crippen molar-refractivity contribution < 1.29 is 18.4 Å². The fourth-order valence-electron chi connectivity index (χ4n) is 1.67. The molecule has 20 heavy (non-hydrogen) atoms. The maximum Gasteiger partial charge on any atom is 0.373 e. The van der Waals surface area contributed by atoms with E-state index in [1.165, 1.54) is 12.1 Å². The zero-order chi connectivity index (χ0) is 15.1. The van der Waals surface area contributed by atoms with Crippen LogP contribution >= 0.6 is 0 Å². The van der Waals surface area contributed by atoms with E-state index in [0.29, 0.717) is 11.4 Å². The first-order valence-electron chi connectivity index (χ1n) is 5.76. The molecule has 5 nitrogen and oxygen atoms in total. The number of aryl methyl sites for hydroxylation is 1. The Kier molecular flexibility index (Phi) is 5.56. The number of hydrogen-bond acceptors (Lipinski definition) is 4. The third-order valence-electron chi connectivity index (χ3n) is 2.65. The van der Waals surface area contributed by atoms with Gasteiger partial charge in [0.15, 0.2) is 0 Å². The molecule has 2 aromatic rings. The van der Waals surface area contributed by atoms with Crippen LogP contribution in [0, 0.1) is 11.6 Å². The van der Waals surface area contributed by atoms with Crippen molar-refractivity contribution in [2.75, 3.05) is 5.73 Å². The molecule has 7 heteroatoms. The van der Waals surface area contributed by atoms with E-state index in [-0.39, 0.29) is 12.7 Å².